The molecular formula is C62H95BrF2N8O2. The first-order chi connectivity index (χ1) is 36.4. The van der Waals surface area contributed by atoms with Crippen LogP contribution in [0.4, 0.5) is 8.78 Å². The Hall–Kier alpha value is -4.54. The number of halogens is 3. The maximum atomic E-state index is 13.1. The van der Waals surface area contributed by atoms with Gasteiger partial charge in [-0.15, -0.1) is 0 Å². The molecule has 13 heteroatoms. The van der Waals surface area contributed by atoms with Crippen molar-refractivity contribution in [3.63, 3.8) is 0 Å². The third kappa shape index (κ3) is 32.0. The van der Waals surface area contributed by atoms with Gasteiger partial charge >= 0.3 is 0 Å². The summed E-state index contributed by atoms with van der Waals surface area (Å²) in [5, 5.41) is 7.38. The zero-order valence-electron chi connectivity index (χ0n) is 47.3. The van der Waals surface area contributed by atoms with Gasteiger partial charge in [-0.3, -0.25) is 14.5 Å². The second-order valence-electron chi connectivity index (χ2n) is 17.7. The van der Waals surface area contributed by atoms with Gasteiger partial charge in [0.2, 0.25) is 0 Å². The smallest absolute Gasteiger partial charge is 0.176 e. The Morgan fingerprint density at radius 2 is 0.880 bits per heavy atom. The molecule has 75 heavy (non-hydrogen) atoms. The van der Waals surface area contributed by atoms with Gasteiger partial charge in [0.15, 0.2) is 11.6 Å². The van der Waals surface area contributed by atoms with E-state index in [0.29, 0.717) is 18.4 Å². The number of hydrogen-bond acceptors (Lipinski definition) is 10. The van der Waals surface area contributed by atoms with Crippen LogP contribution < -0.4 is 16.4 Å². The first kappa shape index (κ1) is 68.5. The molecule has 0 bridgehead atoms. The largest absolute Gasteiger partial charge is 0.326 e. The molecule has 0 spiro atoms. The molecule has 5 aromatic rings. The number of alkyl halides is 1. The number of Topliss-reactive ketones (excluding diaryl/α,β-unsaturated/α-hetero) is 2. The van der Waals surface area contributed by atoms with Crippen LogP contribution in [0.2, 0.25) is 0 Å². The van der Waals surface area contributed by atoms with Crippen LogP contribution in [0.15, 0.2) is 140 Å². The van der Waals surface area contributed by atoms with E-state index in [1.165, 1.54) is 49.5 Å². The molecule has 0 fully saturated rings. The van der Waals surface area contributed by atoms with Gasteiger partial charge in [-0.05, 0) is 99.9 Å². The molecule has 0 radical (unpaired) electrons. The van der Waals surface area contributed by atoms with Crippen LogP contribution in [0, 0.1) is 11.6 Å². The van der Waals surface area contributed by atoms with E-state index in [0.717, 1.165) is 114 Å². The van der Waals surface area contributed by atoms with Crippen molar-refractivity contribution >= 4 is 27.5 Å². The summed E-state index contributed by atoms with van der Waals surface area (Å²) < 4.78 is 25.3. The lowest BCUT2D eigenvalue weighted by molar-refractivity contribution is 0.0925. The van der Waals surface area contributed by atoms with Crippen molar-refractivity contribution in [1.29, 1.82) is 0 Å². The van der Waals surface area contributed by atoms with Crippen molar-refractivity contribution in [2.24, 2.45) is 5.73 Å². The van der Waals surface area contributed by atoms with E-state index >= 15 is 0 Å². The average Bonchev–Trinajstić information content (AvgIpc) is 3.46. The fourth-order valence-corrected chi connectivity index (χ4v) is 7.97. The molecule has 4 N–H and O–H groups in total. The lowest BCUT2D eigenvalue weighted by Gasteiger charge is -2.29. The van der Waals surface area contributed by atoms with E-state index in [1.54, 1.807) is 12.1 Å². The summed E-state index contributed by atoms with van der Waals surface area (Å²) in [7, 11) is 0. The fraction of sp³-hybridized carbons (Fsp3) is 0.484. The van der Waals surface area contributed by atoms with Crippen molar-refractivity contribution in [1.82, 2.24) is 35.1 Å². The Morgan fingerprint density at radius 1 is 0.493 bits per heavy atom. The quantitative estimate of drug-likeness (QED) is 0.0234. The molecule has 0 aliphatic heterocycles. The minimum atomic E-state index is -0.216. The van der Waals surface area contributed by atoms with E-state index in [1.807, 2.05) is 72.8 Å². The SMILES string of the molecule is CCN(CC)CCN(CC)CC(=O)c1ccccc1.CCN(CC)CCN(CC)CC(NCc1ccc(F)cc1)c1ccccc1.CCNCCN(CC)CC.NCc1ccc(F)cc1.O=C(CBr)c1ccccc1. The number of nitrogens with zero attached hydrogens (tertiary/aromatic N) is 5. The molecule has 0 aromatic heterocycles. The number of nitrogens with one attached hydrogen (secondary N) is 2. The number of benzene rings is 5. The van der Waals surface area contributed by atoms with Gasteiger partial charge in [0, 0.05) is 76.1 Å². The molecule has 1 unspecified atom stereocenters. The van der Waals surface area contributed by atoms with Gasteiger partial charge in [-0.25, -0.2) is 8.78 Å². The molecule has 5 aromatic carbocycles. The van der Waals surface area contributed by atoms with Crippen LogP contribution in [0.1, 0.15) is 106 Å². The van der Waals surface area contributed by atoms with Crippen LogP contribution in [0.3, 0.4) is 0 Å². The maximum Gasteiger partial charge on any atom is 0.176 e. The van der Waals surface area contributed by atoms with Gasteiger partial charge in [-0.1, -0.05) is 194 Å². The third-order valence-corrected chi connectivity index (χ3v) is 13.3. The predicted octanol–water partition coefficient (Wildman–Crippen LogP) is 11.3. The molecule has 0 saturated heterocycles. The molecule has 0 aliphatic rings. The van der Waals surface area contributed by atoms with Gasteiger partial charge in [-0.2, -0.15) is 0 Å². The van der Waals surface area contributed by atoms with Crippen molar-refractivity contribution in [3.8, 4) is 0 Å². The number of rotatable bonds is 30. The summed E-state index contributed by atoms with van der Waals surface area (Å²) in [6.45, 7) is 38.5. The number of hydrogen-bond donors (Lipinski definition) is 3. The van der Waals surface area contributed by atoms with E-state index in [-0.39, 0.29) is 29.2 Å². The Labute approximate surface area is 461 Å². The van der Waals surface area contributed by atoms with E-state index in [4.69, 9.17) is 5.73 Å². The van der Waals surface area contributed by atoms with E-state index < -0.39 is 0 Å². The molecule has 0 aliphatic carbocycles. The first-order valence-corrected chi connectivity index (χ1v) is 28.5. The van der Waals surface area contributed by atoms with Gasteiger partial charge in [0.05, 0.1) is 11.9 Å². The highest BCUT2D eigenvalue weighted by Gasteiger charge is 2.16. The summed E-state index contributed by atoms with van der Waals surface area (Å²) in [6, 6.07) is 42.5. The number of nitrogens with two attached hydrogens (primary N) is 1. The predicted molar refractivity (Wildman–Crippen MR) is 318 cm³/mol. The highest BCUT2D eigenvalue weighted by atomic mass is 79.9. The monoisotopic (exact) mass is 1100 g/mol. The Balaban J connectivity index is 0.000000507. The maximum absolute atomic E-state index is 13.1. The summed E-state index contributed by atoms with van der Waals surface area (Å²) >= 11 is 3.10. The number of carbonyl (C=O) groups excluding carboxylic acids is 2. The number of carbonyl (C=O) groups is 2. The summed E-state index contributed by atoms with van der Waals surface area (Å²) in [6.07, 6.45) is 0. The second kappa shape index (κ2) is 44.6. The molecule has 0 saturated carbocycles. The average molecular weight is 1100 g/mol. The zero-order valence-corrected chi connectivity index (χ0v) is 48.8. The Morgan fingerprint density at radius 3 is 1.29 bits per heavy atom. The van der Waals surface area contributed by atoms with Crippen LogP contribution in [0.5, 0.6) is 0 Å². The minimum Gasteiger partial charge on any atom is -0.326 e. The minimum absolute atomic E-state index is 0.126. The highest BCUT2D eigenvalue weighted by molar-refractivity contribution is 9.09. The van der Waals surface area contributed by atoms with Crippen molar-refractivity contribution in [2.45, 2.75) is 81.4 Å². The lowest BCUT2D eigenvalue weighted by Crippen LogP contribution is -2.40. The molecule has 5 rings (SSSR count). The summed E-state index contributed by atoms with van der Waals surface area (Å²) in [5.74, 6) is -0.0679. The summed E-state index contributed by atoms with van der Waals surface area (Å²) in [5.41, 5.74) is 10.2. The van der Waals surface area contributed by atoms with E-state index in [2.05, 4.69) is 144 Å². The molecule has 1 atom stereocenters. The third-order valence-electron chi connectivity index (χ3n) is 12.8. The number of likely N-dealkylation sites (N-methyl/N-ethyl adjacent to an activating group) is 6. The van der Waals surface area contributed by atoms with Crippen LogP contribution in [-0.2, 0) is 13.1 Å². The Bertz CT molecular complexity index is 2100. The van der Waals surface area contributed by atoms with Crippen LogP contribution in [-0.4, -0.2) is 153 Å². The van der Waals surface area contributed by atoms with Gasteiger partial charge in [0.25, 0.3) is 0 Å². The highest BCUT2D eigenvalue weighted by Crippen LogP contribution is 2.16. The van der Waals surface area contributed by atoms with Gasteiger partial charge < -0.3 is 36.0 Å². The first-order valence-electron chi connectivity index (χ1n) is 27.4. The summed E-state index contributed by atoms with van der Waals surface area (Å²) in [4.78, 5) is 35.1. The standard InChI is InChI=1S/C23H34FN3.C16H26N2O.C8H7BrO.C8H20N2.C7H8FN/c1-4-26(5-2)16-17-27(6-3)19-23(21-10-8-7-9-11-21)25-18-20-12-14-22(24)15-13-20;1-4-17(5-2)12-13-18(6-3)14-16(19)15-10-8-7-9-11-15;9-6-8(10)7-4-2-1-3-5-7;1-4-9-7-8-10(5-2)6-3;8-7-3-1-6(5-9)2-4-7/h7-15,23,25H,4-6,16-19H2,1-3H3;7-11H,4-6,12-14H2,1-3H3;1-5H,6H2;9H,4-8H2,1-3H3;1-4H,5,9H2. The number of ketones is 2. The molecular weight excluding hydrogens is 1010 g/mol. The van der Waals surface area contributed by atoms with Crippen LogP contribution in [0.25, 0.3) is 0 Å². The van der Waals surface area contributed by atoms with E-state index in [9.17, 15) is 18.4 Å². The zero-order chi connectivity index (χ0) is 55.5. The Kier molecular flexibility index (Phi) is 40.7. The van der Waals surface area contributed by atoms with Crippen molar-refractivity contribution in [3.05, 3.63) is 179 Å². The second-order valence-corrected chi connectivity index (χ2v) is 18.3. The topological polar surface area (TPSA) is 100 Å². The molecule has 416 valence electrons. The molecule has 10 nitrogen and oxygen atoms in total. The van der Waals surface area contributed by atoms with Gasteiger partial charge in [0.1, 0.15) is 11.6 Å². The lowest BCUT2D eigenvalue weighted by atomic mass is 10.1. The molecule has 0 amide bonds. The fourth-order valence-electron chi connectivity index (χ4n) is 7.64. The van der Waals surface area contributed by atoms with Crippen molar-refractivity contribution in [2.75, 3.05) is 117 Å². The molecule has 0 heterocycles. The van der Waals surface area contributed by atoms with Crippen molar-refractivity contribution < 1.29 is 18.4 Å². The van der Waals surface area contributed by atoms with Crippen LogP contribution >= 0.6 is 15.9 Å². The normalized spacial score (nSPS) is 11.2.